The van der Waals surface area contributed by atoms with Gasteiger partial charge in [-0.25, -0.2) is 0 Å². The molecule has 7 heteroatoms. The van der Waals surface area contributed by atoms with Gasteiger partial charge in [0.05, 0.1) is 19.1 Å². The van der Waals surface area contributed by atoms with Gasteiger partial charge in [0.1, 0.15) is 0 Å². The average Bonchev–Trinajstić information content (AvgIpc) is 2.83. The summed E-state index contributed by atoms with van der Waals surface area (Å²) in [4.78, 5) is 11.9. The molecule has 3 rings (SSSR count). The standard InChI is InChI=1S/C12H15N5O2/c18-11(7-9-8-13-4-6-19-9)14-12-16-15-10-3-1-2-5-17(10)12/h1-3,5,9,13H,4,6-8H2,(H,14,16,18). The van der Waals surface area contributed by atoms with Gasteiger partial charge in [0.2, 0.25) is 11.9 Å². The number of anilines is 1. The summed E-state index contributed by atoms with van der Waals surface area (Å²) in [5.74, 6) is 0.316. The molecule has 1 amide bonds. The van der Waals surface area contributed by atoms with E-state index in [-0.39, 0.29) is 12.0 Å². The molecule has 2 aromatic rings. The number of amides is 1. The van der Waals surface area contributed by atoms with Crippen LogP contribution in [0.3, 0.4) is 0 Å². The highest BCUT2D eigenvalue weighted by atomic mass is 16.5. The molecule has 0 radical (unpaired) electrons. The molecule has 19 heavy (non-hydrogen) atoms. The van der Waals surface area contributed by atoms with Crippen LogP contribution in [0.4, 0.5) is 5.95 Å². The Hall–Kier alpha value is -1.99. The van der Waals surface area contributed by atoms with Crippen molar-refractivity contribution in [3.63, 3.8) is 0 Å². The van der Waals surface area contributed by atoms with Crippen LogP contribution in [0.25, 0.3) is 5.65 Å². The van der Waals surface area contributed by atoms with Crippen LogP contribution in [0.15, 0.2) is 24.4 Å². The Balaban J connectivity index is 1.65. The number of rotatable bonds is 3. The second-order valence-electron chi connectivity index (χ2n) is 4.40. The number of carbonyl (C=O) groups excluding carboxylic acids is 1. The van der Waals surface area contributed by atoms with Crippen LogP contribution in [-0.2, 0) is 9.53 Å². The van der Waals surface area contributed by atoms with Gasteiger partial charge in [-0.3, -0.25) is 14.5 Å². The Morgan fingerprint density at radius 2 is 2.47 bits per heavy atom. The molecule has 1 unspecified atom stereocenters. The Kier molecular flexibility index (Phi) is 3.39. The third-order valence-corrected chi connectivity index (χ3v) is 2.98. The van der Waals surface area contributed by atoms with Crippen molar-refractivity contribution in [2.75, 3.05) is 25.0 Å². The first-order chi connectivity index (χ1) is 9.33. The number of hydrogen-bond donors (Lipinski definition) is 2. The quantitative estimate of drug-likeness (QED) is 0.815. The summed E-state index contributed by atoms with van der Waals surface area (Å²) in [5, 5.41) is 13.9. The van der Waals surface area contributed by atoms with E-state index in [1.165, 1.54) is 0 Å². The zero-order chi connectivity index (χ0) is 13.1. The van der Waals surface area contributed by atoms with E-state index in [9.17, 15) is 4.79 Å². The zero-order valence-electron chi connectivity index (χ0n) is 10.4. The fraction of sp³-hybridized carbons (Fsp3) is 0.417. The van der Waals surface area contributed by atoms with Gasteiger partial charge in [0, 0.05) is 19.3 Å². The maximum absolute atomic E-state index is 11.9. The smallest absolute Gasteiger partial charge is 0.235 e. The minimum Gasteiger partial charge on any atom is -0.375 e. The van der Waals surface area contributed by atoms with Gasteiger partial charge in [-0.05, 0) is 12.1 Å². The van der Waals surface area contributed by atoms with Gasteiger partial charge in [-0.2, -0.15) is 0 Å². The highest BCUT2D eigenvalue weighted by Crippen LogP contribution is 2.09. The molecular formula is C12H15N5O2. The Labute approximate surface area is 110 Å². The van der Waals surface area contributed by atoms with Gasteiger partial charge >= 0.3 is 0 Å². The number of nitrogens with one attached hydrogen (secondary N) is 2. The van der Waals surface area contributed by atoms with E-state index in [1.807, 2.05) is 24.4 Å². The minimum atomic E-state index is -0.119. The van der Waals surface area contributed by atoms with Crippen LogP contribution in [0, 0.1) is 0 Å². The zero-order valence-corrected chi connectivity index (χ0v) is 10.4. The Morgan fingerprint density at radius 1 is 1.53 bits per heavy atom. The van der Waals surface area contributed by atoms with Gasteiger partial charge in [0.15, 0.2) is 5.65 Å². The lowest BCUT2D eigenvalue weighted by atomic mass is 10.2. The molecule has 0 saturated carbocycles. The third kappa shape index (κ3) is 2.72. The monoisotopic (exact) mass is 261 g/mol. The molecule has 100 valence electrons. The molecule has 0 aliphatic carbocycles. The van der Waals surface area contributed by atoms with Crippen LogP contribution < -0.4 is 10.6 Å². The molecule has 2 aromatic heterocycles. The third-order valence-electron chi connectivity index (χ3n) is 2.98. The van der Waals surface area contributed by atoms with E-state index >= 15 is 0 Å². The van der Waals surface area contributed by atoms with Crippen LogP contribution >= 0.6 is 0 Å². The fourth-order valence-electron chi connectivity index (χ4n) is 2.06. The topological polar surface area (TPSA) is 80.5 Å². The normalized spacial score (nSPS) is 19.5. The van der Waals surface area contributed by atoms with Crippen LogP contribution in [0.5, 0.6) is 0 Å². The van der Waals surface area contributed by atoms with Gasteiger partial charge in [-0.1, -0.05) is 6.07 Å². The molecule has 2 N–H and O–H groups in total. The van der Waals surface area contributed by atoms with Crippen molar-refractivity contribution >= 4 is 17.5 Å². The molecule has 7 nitrogen and oxygen atoms in total. The maximum Gasteiger partial charge on any atom is 0.235 e. The van der Waals surface area contributed by atoms with E-state index in [0.29, 0.717) is 31.2 Å². The van der Waals surface area contributed by atoms with E-state index in [0.717, 1.165) is 6.54 Å². The lowest BCUT2D eigenvalue weighted by Gasteiger charge is -2.22. The molecule has 0 spiro atoms. The minimum absolute atomic E-state index is 0.0760. The molecule has 1 aliphatic rings. The van der Waals surface area contributed by atoms with Gasteiger partial charge < -0.3 is 10.1 Å². The summed E-state index contributed by atoms with van der Waals surface area (Å²) in [5.41, 5.74) is 0.702. The summed E-state index contributed by atoms with van der Waals surface area (Å²) >= 11 is 0. The van der Waals surface area contributed by atoms with E-state index in [2.05, 4.69) is 20.8 Å². The summed E-state index contributed by atoms with van der Waals surface area (Å²) in [6, 6.07) is 5.56. The summed E-state index contributed by atoms with van der Waals surface area (Å²) in [6.07, 6.45) is 2.05. The van der Waals surface area contributed by atoms with E-state index in [1.54, 1.807) is 4.40 Å². The molecule has 1 fully saturated rings. The van der Waals surface area contributed by atoms with Crippen LogP contribution in [0.1, 0.15) is 6.42 Å². The number of nitrogens with zero attached hydrogens (tertiary/aromatic N) is 3. The van der Waals surface area contributed by atoms with Crippen molar-refractivity contribution in [3.8, 4) is 0 Å². The van der Waals surface area contributed by atoms with Crippen molar-refractivity contribution in [1.29, 1.82) is 0 Å². The first-order valence-electron chi connectivity index (χ1n) is 6.25. The highest BCUT2D eigenvalue weighted by Gasteiger charge is 2.18. The van der Waals surface area contributed by atoms with Gasteiger partial charge in [-0.15, -0.1) is 10.2 Å². The van der Waals surface area contributed by atoms with Crippen LogP contribution in [-0.4, -0.2) is 46.3 Å². The number of aromatic nitrogens is 3. The summed E-state index contributed by atoms with van der Waals surface area (Å²) < 4.78 is 7.22. The molecule has 1 atom stereocenters. The number of hydrogen-bond acceptors (Lipinski definition) is 5. The average molecular weight is 261 g/mol. The molecule has 0 bridgehead atoms. The Morgan fingerprint density at radius 3 is 3.32 bits per heavy atom. The molecule has 3 heterocycles. The molecular weight excluding hydrogens is 246 g/mol. The van der Waals surface area contributed by atoms with Gasteiger partial charge in [0.25, 0.3) is 0 Å². The Bertz CT molecular complexity index is 576. The van der Waals surface area contributed by atoms with Crippen LogP contribution in [0.2, 0.25) is 0 Å². The second kappa shape index (κ2) is 5.33. The van der Waals surface area contributed by atoms with Crippen molar-refractivity contribution in [2.24, 2.45) is 0 Å². The second-order valence-corrected chi connectivity index (χ2v) is 4.40. The molecule has 1 saturated heterocycles. The fourth-order valence-corrected chi connectivity index (χ4v) is 2.06. The lowest BCUT2D eigenvalue weighted by molar-refractivity contribution is -0.119. The lowest BCUT2D eigenvalue weighted by Crippen LogP contribution is -2.40. The molecule has 0 aromatic carbocycles. The summed E-state index contributed by atoms with van der Waals surface area (Å²) in [6.45, 7) is 2.19. The van der Waals surface area contributed by atoms with Crippen molar-refractivity contribution in [2.45, 2.75) is 12.5 Å². The predicted octanol–water partition coefficient (Wildman–Crippen LogP) is 0.0463. The van der Waals surface area contributed by atoms with Crippen molar-refractivity contribution in [3.05, 3.63) is 24.4 Å². The largest absolute Gasteiger partial charge is 0.375 e. The summed E-state index contributed by atoms with van der Waals surface area (Å²) in [7, 11) is 0. The van der Waals surface area contributed by atoms with E-state index in [4.69, 9.17) is 4.74 Å². The maximum atomic E-state index is 11.9. The number of ether oxygens (including phenoxy) is 1. The van der Waals surface area contributed by atoms with Crippen molar-refractivity contribution < 1.29 is 9.53 Å². The van der Waals surface area contributed by atoms with E-state index < -0.39 is 0 Å². The predicted molar refractivity (Wildman–Crippen MR) is 68.8 cm³/mol. The first kappa shape index (κ1) is 12.1. The number of pyridine rings is 1. The molecule has 1 aliphatic heterocycles. The highest BCUT2D eigenvalue weighted by molar-refractivity contribution is 5.89. The SMILES string of the molecule is O=C(CC1CNCCO1)Nc1nnc2ccccn12. The number of carbonyl (C=O) groups is 1. The van der Waals surface area contributed by atoms with Crippen molar-refractivity contribution in [1.82, 2.24) is 19.9 Å². The first-order valence-corrected chi connectivity index (χ1v) is 6.25. The number of fused-ring (bicyclic) bond motifs is 1. The number of morpholine rings is 1.